The number of aryl methyl sites for hydroxylation is 1. The average Bonchev–Trinajstić information content (AvgIpc) is 2.53. The highest BCUT2D eigenvalue weighted by atomic mass is 16.1. The first-order valence-corrected chi connectivity index (χ1v) is 6.86. The van der Waals surface area contributed by atoms with Gasteiger partial charge in [-0.05, 0) is 42.8 Å². The lowest BCUT2D eigenvalue weighted by Crippen LogP contribution is -2.23. The number of benzene rings is 2. The van der Waals surface area contributed by atoms with E-state index in [1.54, 1.807) is 31.3 Å². The molecule has 3 rings (SSSR count). The van der Waals surface area contributed by atoms with E-state index in [0.717, 1.165) is 16.5 Å². The van der Waals surface area contributed by atoms with E-state index in [2.05, 4.69) is 16.4 Å². The van der Waals surface area contributed by atoms with Crippen molar-refractivity contribution in [2.24, 2.45) is 0 Å². The summed E-state index contributed by atoms with van der Waals surface area (Å²) in [6.45, 7) is 1.97. The van der Waals surface area contributed by atoms with Crippen molar-refractivity contribution >= 4 is 16.7 Å². The molecule has 0 fully saturated rings. The van der Waals surface area contributed by atoms with Gasteiger partial charge in [0.15, 0.2) is 0 Å². The van der Waals surface area contributed by atoms with Crippen molar-refractivity contribution in [2.45, 2.75) is 6.92 Å². The highest BCUT2D eigenvalue weighted by molar-refractivity contribution is 5.90. The second-order valence-electron chi connectivity index (χ2n) is 5.01. The molecule has 108 valence electrons. The van der Waals surface area contributed by atoms with E-state index in [9.17, 15) is 4.79 Å². The van der Waals surface area contributed by atoms with Gasteiger partial charge in [-0.15, -0.1) is 0 Å². The summed E-state index contributed by atoms with van der Waals surface area (Å²) in [6, 6.07) is 14.9. The quantitative estimate of drug-likeness (QED) is 0.787. The molecule has 0 saturated heterocycles. The molecule has 0 saturated carbocycles. The Kier molecular flexibility index (Phi) is 3.36. The van der Waals surface area contributed by atoms with Gasteiger partial charge < -0.3 is 5.32 Å². The van der Waals surface area contributed by atoms with Crippen molar-refractivity contribution < 1.29 is 0 Å². The molecule has 0 aliphatic heterocycles. The first-order valence-electron chi connectivity index (χ1n) is 6.86. The smallest absolute Gasteiger partial charge is 0.354 e. The molecule has 1 heterocycles. The first-order chi connectivity index (χ1) is 10.6. The van der Waals surface area contributed by atoms with Crippen molar-refractivity contribution in [1.82, 2.24) is 9.55 Å². The van der Waals surface area contributed by atoms with Crippen LogP contribution in [-0.4, -0.2) is 16.6 Å². The zero-order valence-corrected chi connectivity index (χ0v) is 12.3. The third kappa shape index (κ3) is 2.21. The van der Waals surface area contributed by atoms with Gasteiger partial charge in [-0.3, -0.25) is 4.57 Å². The summed E-state index contributed by atoms with van der Waals surface area (Å²) in [5, 5.41) is 12.9. The molecule has 1 aromatic heterocycles. The molecule has 0 aliphatic rings. The van der Waals surface area contributed by atoms with Crippen LogP contribution < -0.4 is 11.0 Å². The van der Waals surface area contributed by atoms with Crippen LogP contribution in [0, 0.1) is 18.3 Å². The average molecular weight is 290 g/mol. The van der Waals surface area contributed by atoms with Crippen molar-refractivity contribution in [3.05, 3.63) is 64.1 Å². The maximum atomic E-state index is 12.5. The highest BCUT2D eigenvalue weighted by Crippen LogP contribution is 2.23. The Morgan fingerprint density at radius 1 is 1.23 bits per heavy atom. The maximum Gasteiger partial charge on any atom is 0.354 e. The summed E-state index contributed by atoms with van der Waals surface area (Å²) in [6.07, 6.45) is 0. The minimum atomic E-state index is -0.377. The second kappa shape index (κ2) is 5.34. The summed E-state index contributed by atoms with van der Waals surface area (Å²) in [7, 11) is 1.74. The number of rotatable bonds is 2. The Hall–Kier alpha value is -3.13. The molecule has 22 heavy (non-hydrogen) atoms. The number of nitrogens with zero attached hydrogens (tertiary/aromatic N) is 3. The van der Waals surface area contributed by atoms with Crippen LogP contribution in [0.2, 0.25) is 0 Å². The molecule has 3 aromatic rings. The Morgan fingerprint density at radius 3 is 2.77 bits per heavy atom. The lowest BCUT2D eigenvalue weighted by molar-refractivity contribution is 0.959. The fourth-order valence-corrected chi connectivity index (χ4v) is 2.49. The van der Waals surface area contributed by atoms with Crippen molar-refractivity contribution in [2.75, 3.05) is 12.4 Å². The van der Waals surface area contributed by atoms with E-state index < -0.39 is 0 Å². The monoisotopic (exact) mass is 290 g/mol. The van der Waals surface area contributed by atoms with Crippen LogP contribution >= 0.6 is 0 Å². The predicted molar refractivity (Wildman–Crippen MR) is 86.3 cm³/mol. The van der Waals surface area contributed by atoms with E-state index >= 15 is 0 Å². The second-order valence-corrected chi connectivity index (χ2v) is 5.01. The van der Waals surface area contributed by atoms with Crippen LogP contribution in [0.15, 0.2) is 47.3 Å². The first kappa shape index (κ1) is 13.8. The molecule has 5 nitrogen and oxygen atoms in total. The van der Waals surface area contributed by atoms with Crippen molar-refractivity contribution in [3.8, 4) is 11.8 Å². The van der Waals surface area contributed by atoms with Crippen LogP contribution in [0.5, 0.6) is 0 Å². The number of aromatic nitrogens is 2. The highest BCUT2D eigenvalue weighted by Gasteiger charge is 2.11. The van der Waals surface area contributed by atoms with Gasteiger partial charge in [0, 0.05) is 12.4 Å². The van der Waals surface area contributed by atoms with E-state index in [1.807, 2.05) is 25.1 Å². The normalized spacial score (nSPS) is 10.4. The van der Waals surface area contributed by atoms with Gasteiger partial charge in [-0.2, -0.15) is 10.2 Å². The summed E-state index contributed by atoms with van der Waals surface area (Å²) in [5.74, 6) is 0.549. The van der Waals surface area contributed by atoms with Crippen LogP contribution in [0.1, 0.15) is 11.1 Å². The molecular weight excluding hydrogens is 276 g/mol. The maximum absolute atomic E-state index is 12.5. The van der Waals surface area contributed by atoms with Gasteiger partial charge >= 0.3 is 5.69 Å². The summed E-state index contributed by atoms with van der Waals surface area (Å²) < 4.78 is 1.53. The molecule has 1 N–H and O–H groups in total. The summed E-state index contributed by atoms with van der Waals surface area (Å²) >= 11 is 0. The van der Waals surface area contributed by atoms with Crippen LogP contribution in [0.3, 0.4) is 0 Å². The third-order valence-electron chi connectivity index (χ3n) is 3.52. The minimum Gasteiger partial charge on any atom is -0.372 e. The van der Waals surface area contributed by atoms with Crippen molar-refractivity contribution in [1.29, 1.82) is 5.26 Å². The number of fused-ring (bicyclic) bond motifs is 1. The van der Waals surface area contributed by atoms with E-state index in [1.165, 1.54) is 4.57 Å². The lowest BCUT2D eigenvalue weighted by Gasteiger charge is -2.13. The van der Waals surface area contributed by atoms with Gasteiger partial charge in [0.2, 0.25) is 0 Å². The molecular formula is C17H14N4O. The van der Waals surface area contributed by atoms with Crippen molar-refractivity contribution in [3.63, 3.8) is 0 Å². The van der Waals surface area contributed by atoms with Gasteiger partial charge in [0.25, 0.3) is 0 Å². The largest absolute Gasteiger partial charge is 0.372 e. The fourth-order valence-electron chi connectivity index (χ4n) is 2.49. The number of hydrogen-bond donors (Lipinski definition) is 1. The van der Waals surface area contributed by atoms with E-state index in [4.69, 9.17) is 5.26 Å². The van der Waals surface area contributed by atoms with Crippen LogP contribution in [0.4, 0.5) is 5.82 Å². The molecule has 0 spiro atoms. The molecule has 0 radical (unpaired) electrons. The van der Waals surface area contributed by atoms with Gasteiger partial charge in [0.05, 0.1) is 22.8 Å². The van der Waals surface area contributed by atoms with Crippen LogP contribution in [-0.2, 0) is 0 Å². The summed E-state index contributed by atoms with van der Waals surface area (Å²) in [4.78, 5) is 16.5. The number of nitriles is 1. The van der Waals surface area contributed by atoms with Gasteiger partial charge in [0.1, 0.15) is 5.82 Å². The number of nitrogens with one attached hydrogen (secondary N) is 1. The zero-order valence-electron chi connectivity index (χ0n) is 12.3. The number of hydrogen-bond acceptors (Lipinski definition) is 4. The predicted octanol–water partition coefficient (Wildman–Crippen LogP) is 2.61. The zero-order chi connectivity index (χ0) is 15.7. The fraction of sp³-hybridized carbons (Fsp3) is 0.118. The van der Waals surface area contributed by atoms with Crippen LogP contribution in [0.25, 0.3) is 16.6 Å². The molecule has 0 bridgehead atoms. The molecule has 2 aromatic carbocycles. The Morgan fingerprint density at radius 2 is 2.05 bits per heavy atom. The van der Waals surface area contributed by atoms with Gasteiger partial charge in [-0.25, -0.2) is 4.79 Å². The molecule has 0 unspecified atom stereocenters. The molecule has 0 atom stereocenters. The standard InChI is InChI=1S/C17H14N4O/c1-11-6-7-14-15(8-11)21(17(22)20-16(14)19-2)13-5-3-4-12(9-13)10-18/h3-9H,1-2H3,(H,19,20,22). The molecule has 5 heteroatoms. The SMILES string of the molecule is CNc1nc(=O)n(-c2cccc(C#N)c2)c2cc(C)ccc12. The number of anilines is 1. The van der Waals surface area contributed by atoms with E-state index in [0.29, 0.717) is 17.1 Å². The minimum absolute atomic E-state index is 0.377. The topological polar surface area (TPSA) is 70.7 Å². The molecule has 0 amide bonds. The Balaban J connectivity index is 2.43. The third-order valence-corrected chi connectivity index (χ3v) is 3.52. The van der Waals surface area contributed by atoms with Gasteiger partial charge in [-0.1, -0.05) is 12.1 Å². The Bertz CT molecular complexity index is 967. The van der Waals surface area contributed by atoms with E-state index in [-0.39, 0.29) is 5.69 Å². The lowest BCUT2D eigenvalue weighted by atomic mass is 10.1. The summed E-state index contributed by atoms with van der Waals surface area (Å²) in [5.41, 5.74) is 2.57. The molecule has 0 aliphatic carbocycles. The Labute approximate surface area is 127 Å².